The van der Waals surface area contributed by atoms with E-state index in [-0.39, 0.29) is 0 Å². The maximum Gasteiger partial charge on any atom is 0.165 e. The summed E-state index contributed by atoms with van der Waals surface area (Å²) in [7, 11) is 1.65. The van der Waals surface area contributed by atoms with Crippen molar-refractivity contribution >= 4 is 11.6 Å². The fourth-order valence-corrected chi connectivity index (χ4v) is 2.24. The average Bonchev–Trinajstić information content (AvgIpc) is 3.21. The lowest BCUT2D eigenvalue weighted by Crippen LogP contribution is -2.16. The zero-order valence-electron chi connectivity index (χ0n) is 12.5. The molecule has 0 bridgehead atoms. The van der Waals surface area contributed by atoms with Gasteiger partial charge in [-0.15, -0.1) is 0 Å². The van der Waals surface area contributed by atoms with Crippen molar-refractivity contribution < 1.29 is 9.47 Å². The number of hydrogen-bond donors (Lipinski definition) is 1. The molecule has 4 heteroatoms. The lowest BCUT2D eigenvalue weighted by atomic mass is 10.1. The third-order valence-electron chi connectivity index (χ3n) is 3.42. The van der Waals surface area contributed by atoms with E-state index in [1.165, 1.54) is 12.8 Å². The lowest BCUT2D eigenvalue weighted by Gasteiger charge is -2.17. The first-order chi connectivity index (χ1) is 9.60. The van der Waals surface area contributed by atoms with Gasteiger partial charge >= 0.3 is 0 Å². The number of hydrogen-bond acceptors (Lipinski definition) is 3. The zero-order valence-corrected chi connectivity index (χ0v) is 13.3. The Morgan fingerprint density at radius 2 is 2.10 bits per heavy atom. The molecule has 0 unspecified atom stereocenters. The lowest BCUT2D eigenvalue weighted by molar-refractivity contribution is 0.269. The molecule has 1 N–H and O–H groups in total. The van der Waals surface area contributed by atoms with Crippen LogP contribution < -0.4 is 14.8 Å². The van der Waals surface area contributed by atoms with Gasteiger partial charge in [0.25, 0.3) is 0 Å². The van der Waals surface area contributed by atoms with Crippen molar-refractivity contribution in [2.45, 2.75) is 45.7 Å². The van der Waals surface area contributed by atoms with Crippen LogP contribution in [0.15, 0.2) is 12.1 Å². The first-order valence-corrected chi connectivity index (χ1v) is 7.70. The molecule has 0 radical (unpaired) electrons. The maximum atomic E-state index is 6.15. The van der Waals surface area contributed by atoms with E-state index in [0.717, 1.165) is 24.3 Å². The number of methoxy groups -OCH3 is 1. The van der Waals surface area contributed by atoms with Crippen LogP contribution in [0.5, 0.6) is 11.5 Å². The third kappa shape index (κ3) is 4.57. The van der Waals surface area contributed by atoms with E-state index in [1.807, 2.05) is 12.1 Å². The Balaban J connectivity index is 2.10. The van der Waals surface area contributed by atoms with Gasteiger partial charge in [0.05, 0.1) is 13.7 Å². The molecule has 3 nitrogen and oxygen atoms in total. The highest BCUT2D eigenvalue weighted by atomic mass is 35.5. The second-order valence-electron chi connectivity index (χ2n) is 5.78. The Kier molecular flexibility index (Phi) is 5.55. The number of ether oxygens (including phenoxy) is 2. The minimum absolute atomic E-state index is 0.626. The molecule has 0 heterocycles. The van der Waals surface area contributed by atoms with Crippen LogP contribution in [0.3, 0.4) is 0 Å². The number of benzene rings is 1. The fraction of sp³-hybridized carbons (Fsp3) is 0.625. The van der Waals surface area contributed by atoms with Gasteiger partial charge < -0.3 is 14.8 Å². The van der Waals surface area contributed by atoms with Gasteiger partial charge in [-0.1, -0.05) is 25.4 Å². The highest BCUT2D eigenvalue weighted by Crippen LogP contribution is 2.35. The summed E-state index contributed by atoms with van der Waals surface area (Å²) >= 11 is 6.15. The maximum absolute atomic E-state index is 6.15. The van der Waals surface area contributed by atoms with Crippen LogP contribution in [0, 0.1) is 5.92 Å². The number of rotatable bonds is 8. The van der Waals surface area contributed by atoms with Gasteiger partial charge in [0.2, 0.25) is 0 Å². The minimum Gasteiger partial charge on any atom is -0.493 e. The van der Waals surface area contributed by atoms with Gasteiger partial charge in [-0.3, -0.25) is 0 Å². The monoisotopic (exact) mass is 297 g/mol. The standard InChI is InChI=1S/C16H24ClNO2/c1-11(2)6-7-20-16-12(10-18-14-4-5-14)8-13(17)9-15(16)19-3/h8-9,11,14,18H,4-7,10H2,1-3H3. The van der Waals surface area contributed by atoms with Crippen LogP contribution in [-0.2, 0) is 6.54 Å². The Morgan fingerprint density at radius 1 is 1.35 bits per heavy atom. The van der Waals surface area contributed by atoms with Gasteiger partial charge in [0.15, 0.2) is 11.5 Å². The quantitative estimate of drug-likeness (QED) is 0.786. The molecule has 1 saturated carbocycles. The van der Waals surface area contributed by atoms with Crippen molar-refractivity contribution in [2.75, 3.05) is 13.7 Å². The summed E-state index contributed by atoms with van der Waals surface area (Å²) < 4.78 is 11.4. The van der Waals surface area contributed by atoms with Crippen LogP contribution in [0.2, 0.25) is 5.02 Å². The Morgan fingerprint density at radius 3 is 2.70 bits per heavy atom. The van der Waals surface area contributed by atoms with E-state index >= 15 is 0 Å². The predicted molar refractivity (Wildman–Crippen MR) is 82.8 cm³/mol. The zero-order chi connectivity index (χ0) is 14.5. The van der Waals surface area contributed by atoms with Crippen molar-refractivity contribution in [3.63, 3.8) is 0 Å². The normalized spacial score (nSPS) is 14.7. The summed E-state index contributed by atoms with van der Waals surface area (Å²) in [5, 5.41) is 4.18. The molecule has 20 heavy (non-hydrogen) atoms. The molecule has 0 saturated heterocycles. The second-order valence-corrected chi connectivity index (χ2v) is 6.22. The van der Waals surface area contributed by atoms with Crippen LogP contribution in [0.25, 0.3) is 0 Å². The van der Waals surface area contributed by atoms with Crippen LogP contribution in [-0.4, -0.2) is 19.8 Å². The summed E-state index contributed by atoms with van der Waals surface area (Å²) in [6.45, 7) is 5.86. The topological polar surface area (TPSA) is 30.5 Å². The summed E-state index contributed by atoms with van der Waals surface area (Å²) in [5.74, 6) is 2.17. The van der Waals surface area contributed by atoms with Crippen molar-refractivity contribution in [3.8, 4) is 11.5 Å². The molecule has 1 aliphatic carbocycles. The van der Waals surface area contributed by atoms with Gasteiger partial charge in [-0.05, 0) is 31.2 Å². The van der Waals surface area contributed by atoms with E-state index in [1.54, 1.807) is 7.11 Å². The van der Waals surface area contributed by atoms with Crippen molar-refractivity contribution in [1.82, 2.24) is 5.32 Å². The minimum atomic E-state index is 0.626. The van der Waals surface area contributed by atoms with E-state index in [9.17, 15) is 0 Å². The Labute approximate surface area is 126 Å². The molecule has 0 aliphatic heterocycles. The molecule has 1 fully saturated rings. The van der Waals surface area contributed by atoms with Crippen LogP contribution in [0.1, 0.15) is 38.7 Å². The van der Waals surface area contributed by atoms with Gasteiger partial charge in [-0.25, -0.2) is 0 Å². The number of halogens is 1. The van der Waals surface area contributed by atoms with Crippen LogP contribution in [0.4, 0.5) is 0 Å². The van der Waals surface area contributed by atoms with E-state index < -0.39 is 0 Å². The van der Waals surface area contributed by atoms with E-state index in [2.05, 4.69) is 19.2 Å². The van der Waals surface area contributed by atoms with Crippen molar-refractivity contribution in [2.24, 2.45) is 5.92 Å². The second kappa shape index (κ2) is 7.19. The summed E-state index contributed by atoms with van der Waals surface area (Å²) in [6, 6.07) is 4.43. The first kappa shape index (κ1) is 15.5. The van der Waals surface area contributed by atoms with Crippen molar-refractivity contribution in [1.29, 1.82) is 0 Å². The summed E-state index contributed by atoms with van der Waals surface area (Å²) in [6.07, 6.45) is 3.56. The Bertz CT molecular complexity index is 444. The van der Waals surface area contributed by atoms with Gasteiger partial charge in [0.1, 0.15) is 0 Å². The molecular formula is C16H24ClNO2. The third-order valence-corrected chi connectivity index (χ3v) is 3.63. The summed E-state index contributed by atoms with van der Waals surface area (Å²) in [4.78, 5) is 0. The highest BCUT2D eigenvalue weighted by Gasteiger charge is 2.21. The molecule has 1 aliphatic rings. The molecule has 112 valence electrons. The molecular weight excluding hydrogens is 274 g/mol. The molecule has 0 amide bonds. The summed E-state index contributed by atoms with van der Waals surface area (Å²) in [5.41, 5.74) is 1.07. The van der Waals surface area contributed by atoms with E-state index in [4.69, 9.17) is 21.1 Å². The molecule has 1 aromatic rings. The molecule has 2 rings (SSSR count). The smallest absolute Gasteiger partial charge is 0.165 e. The first-order valence-electron chi connectivity index (χ1n) is 7.32. The van der Waals surface area contributed by atoms with Gasteiger partial charge in [0, 0.05) is 29.2 Å². The van der Waals surface area contributed by atoms with Gasteiger partial charge in [-0.2, -0.15) is 0 Å². The van der Waals surface area contributed by atoms with E-state index in [0.29, 0.717) is 29.3 Å². The average molecular weight is 298 g/mol. The van der Waals surface area contributed by atoms with Crippen molar-refractivity contribution in [3.05, 3.63) is 22.7 Å². The highest BCUT2D eigenvalue weighted by molar-refractivity contribution is 6.30. The molecule has 1 aromatic carbocycles. The van der Waals surface area contributed by atoms with Crippen LogP contribution >= 0.6 is 11.6 Å². The SMILES string of the molecule is COc1cc(Cl)cc(CNC2CC2)c1OCCC(C)C. The Hall–Kier alpha value is -0.930. The molecule has 0 atom stereocenters. The molecule has 0 aromatic heterocycles. The fourth-order valence-electron chi connectivity index (χ4n) is 2.01. The largest absolute Gasteiger partial charge is 0.493 e. The molecule has 0 spiro atoms. The number of nitrogens with one attached hydrogen (secondary N) is 1. The predicted octanol–water partition coefficient (Wildman–Crippen LogP) is 4.03.